The van der Waals surface area contributed by atoms with Crippen molar-refractivity contribution in [2.75, 3.05) is 7.11 Å². The second-order valence-electron chi connectivity index (χ2n) is 7.57. The van der Waals surface area contributed by atoms with Gasteiger partial charge in [-0.15, -0.1) is 0 Å². The van der Waals surface area contributed by atoms with Gasteiger partial charge in [0.25, 0.3) is 0 Å². The first-order valence-corrected chi connectivity index (χ1v) is 9.19. The van der Waals surface area contributed by atoms with E-state index in [4.69, 9.17) is 21.1 Å². The van der Waals surface area contributed by atoms with Gasteiger partial charge in [-0.25, -0.2) is 14.0 Å². The normalized spacial score (nSPS) is 11.6. The number of halogens is 2. The fourth-order valence-corrected chi connectivity index (χ4v) is 3.21. The molecule has 0 aliphatic heterocycles. The van der Waals surface area contributed by atoms with Crippen molar-refractivity contribution in [3.8, 4) is 11.1 Å². The summed E-state index contributed by atoms with van der Waals surface area (Å²) in [6.07, 6.45) is 0.675. The van der Waals surface area contributed by atoms with E-state index in [1.54, 1.807) is 33.8 Å². The second-order valence-corrected chi connectivity index (χ2v) is 7.97. The Kier molecular flexibility index (Phi) is 5.36. The predicted octanol–water partition coefficient (Wildman–Crippen LogP) is 5.37. The van der Waals surface area contributed by atoms with Crippen molar-refractivity contribution in [1.82, 2.24) is 9.78 Å². The highest BCUT2D eigenvalue weighted by Crippen LogP contribution is 2.34. The molecule has 29 heavy (non-hydrogen) atoms. The van der Waals surface area contributed by atoms with Gasteiger partial charge in [-0.05, 0) is 63.1 Å². The van der Waals surface area contributed by atoms with E-state index >= 15 is 0 Å². The summed E-state index contributed by atoms with van der Waals surface area (Å²) >= 11 is 6.32. The predicted molar refractivity (Wildman–Crippen MR) is 108 cm³/mol. The Hall–Kier alpha value is -2.93. The Labute approximate surface area is 172 Å². The van der Waals surface area contributed by atoms with Crippen molar-refractivity contribution in [3.63, 3.8) is 0 Å². The Morgan fingerprint density at radius 1 is 1.17 bits per heavy atom. The molecule has 2 aromatic carbocycles. The molecule has 0 saturated heterocycles. The molecule has 0 aliphatic carbocycles. The molecule has 152 valence electrons. The molecule has 3 aromatic rings. The lowest BCUT2D eigenvalue weighted by Gasteiger charge is -2.19. The van der Waals surface area contributed by atoms with Crippen LogP contribution in [0.5, 0.6) is 0 Å². The zero-order valence-electron chi connectivity index (χ0n) is 16.7. The van der Waals surface area contributed by atoms with Gasteiger partial charge >= 0.3 is 12.1 Å². The lowest BCUT2D eigenvalue weighted by atomic mass is 9.99. The average Bonchev–Trinajstić information content (AvgIpc) is 3.06. The summed E-state index contributed by atoms with van der Waals surface area (Å²) < 4.78 is 25.5. The van der Waals surface area contributed by atoms with E-state index in [1.165, 1.54) is 31.5 Å². The lowest BCUT2D eigenvalue weighted by Crippen LogP contribution is -2.27. The topological polar surface area (TPSA) is 70.4 Å². The van der Waals surface area contributed by atoms with Crippen LogP contribution in [0.4, 0.5) is 9.18 Å². The van der Waals surface area contributed by atoms with E-state index in [2.05, 4.69) is 5.10 Å². The standard InChI is InChI=1S/C21H20ClFN2O4/c1-11-6-16(22)13(9-17(11)23)12-7-14(19(26)28-5)15-10-24-25(18(15)8-12)20(27)29-21(2,3)4/h6-10H,1-5H3. The number of nitrogens with zero attached hydrogens (tertiary/aromatic N) is 2. The number of benzene rings is 2. The van der Waals surface area contributed by atoms with Gasteiger partial charge in [0.15, 0.2) is 0 Å². The van der Waals surface area contributed by atoms with Crippen LogP contribution < -0.4 is 0 Å². The molecule has 0 aliphatic rings. The van der Waals surface area contributed by atoms with Gasteiger partial charge in [-0.3, -0.25) is 0 Å². The van der Waals surface area contributed by atoms with Gasteiger partial charge in [-0.2, -0.15) is 9.78 Å². The molecule has 8 heteroatoms. The third-order valence-corrected chi connectivity index (χ3v) is 4.53. The van der Waals surface area contributed by atoms with E-state index in [0.29, 0.717) is 32.6 Å². The number of aromatic nitrogens is 2. The number of aryl methyl sites for hydroxylation is 1. The van der Waals surface area contributed by atoms with Crippen molar-refractivity contribution in [3.05, 3.63) is 52.4 Å². The number of hydrogen-bond acceptors (Lipinski definition) is 5. The molecule has 0 atom stereocenters. The van der Waals surface area contributed by atoms with Crippen LogP contribution in [0.1, 0.15) is 36.7 Å². The van der Waals surface area contributed by atoms with Gasteiger partial charge in [0.05, 0.1) is 24.4 Å². The van der Waals surface area contributed by atoms with Gasteiger partial charge in [0.1, 0.15) is 11.4 Å². The maximum absolute atomic E-state index is 14.2. The van der Waals surface area contributed by atoms with E-state index < -0.39 is 23.5 Å². The highest BCUT2D eigenvalue weighted by Gasteiger charge is 2.23. The summed E-state index contributed by atoms with van der Waals surface area (Å²) in [5.41, 5.74) is 0.959. The molecule has 0 radical (unpaired) electrons. The molecular formula is C21H20ClFN2O4. The largest absolute Gasteiger partial charge is 0.465 e. The van der Waals surface area contributed by atoms with Crippen LogP contribution in [0.2, 0.25) is 5.02 Å². The Morgan fingerprint density at radius 2 is 1.86 bits per heavy atom. The maximum Gasteiger partial charge on any atom is 0.435 e. The Balaban J connectivity index is 2.27. The van der Waals surface area contributed by atoms with Crippen molar-refractivity contribution in [2.24, 2.45) is 0 Å². The molecule has 3 rings (SSSR count). The minimum atomic E-state index is -0.735. The summed E-state index contributed by atoms with van der Waals surface area (Å²) in [6, 6.07) is 5.92. The summed E-state index contributed by atoms with van der Waals surface area (Å²) in [6.45, 7) is 6.80. The first-order chi connectivity index (χ1) is 13.5. The van der Waals surface area contributed by atoms with Gasteiger partial charge < -0.3 is 9.47 Å². The van der Waals surface area contributed by atoms with Crippen LogP contribution >= 0.6 is 11.6 Å². The van der Waals surface area contributed by atoms with Crippen molar-refractivity contribution >= 4 is 34.6 Å². The van der Waals surface area contributed by atoms with Gasteiger partial charge in [0.2, 0.25) is 0 Å². The smallest absolute Gasteiger partial charge is 0.435 e. The number of carbonyl (C=O) groups excluding carboxylic acids is 2. The zero-order chi connectivity index (χ0) is 21.5. The van der Waals surface area contributed by atoms with Crippen molar-refractivity contribution in [1.29, 1.82) is 0 Å². The molecule has 6 nitrogen and oxygen atoms in total. The summed E-state index contributed by atoms with van der Waals surface area (Å²) in [5, 5.41) is 4.78. The number of hydrogen-bond donors (Lipinski definition) is 0. The van der Waals surface area contributed by atoms with Crippen molar-refractivity contribution < 1.29 is 23.5 Å². The van der Waals surface area contributed by atoms with E-state index in [9.17, 15) is 14.0 Å². The van der Waals surface area contributed by atoms with Crippen LogP contribution in [0, 0.1) is 12.7 Å². The maximum atomic E-state index is 14.2. The van der Waals surface area contributed by atoms with Gasteiger partial charge in [-0.1, -0.05) is 11.6 Å². The molecule has 1 aromatic heterocycles. The number of esters is 1. The highest BCUT2D eigenvalue weighted by molar-refractivity contribution is 6.33. The number of fused-ring (bicyclic) bond motifs is 1. The molecule has 0 saturated carbocycles. The van der Waals surface area contributed by atoms with E-state index in [0.717, 1.165) is 4.68 Å². The first kappa shape index (κ1) is 20.8. The molecule has 0 bridgehead atoms. The second kappa shape index (κ2) is 7.48. The molecule has 0 unspecified atom stereocenters. The molecule has 0 spiro atoms. The SMILES string of the molecule is COC(=O)c1cc(-c2cc(F)c(C)cc2Cl)cc2c1cnn2C(=O)OC(C)(C)C. The fraction of sp³-hybridized carbons (Fsp3) is 0.286. The third kappa shape index (κ3) is 4.10. The molecular weight excluding hydrogens is 399 g/mol. The Bertz CT molecular complexity index is 1130. The van der Waals surface area contributed by atoms with E-state index in [-0.39, 0.29) is 5.56 Å². The zero-order valence-corrected chi connectivity index (χ0v) is 17.4. The van der Waals surface area contributed by atoms with Gasteiger partial charge in [0, 0.05) is 16.0 Å². The summed E-state index contributed by atoms with van der Waals surface area (Å²) in [5.74, 6) is -1.06. The number of methoxy groups -OCH3 is 1. The van der Waals surface area contributed by atoms with Crippen molar-refractivity contribution in [2.45, 2.75) is 33.3 Å². The number of ether oxygens (including phenoxy) is 2. The summed E-state index contributed by atoms with van der Waals surface area (Å²) in [4.78, 5) is 24.9. The monoisotopic (exact) mass is 418 g/mol. The summed E-state index contributed by atoms with van der Waals surface area (Å²) in [7, 11) is 1.25. The highest BCUT2D eigenvalue weighted by atomic mass is 35.5. The lowest BCUT2D eigenvalue weighted by molar-refractivity contribution is 0.0521. The number of carbonyl (C=O) groups is 2. The van der Waals surface area contributed by atoms with Crippen LogP contribution in [-0.4, -0.2) is 34.6 Å². The molecule has 0 N–H and O–H groups in total. The van der Waals surface area contributed by atoms with Crippen LogP contribution in [0.3, 0.4) is 0 Å². The third-order valence-electron chi connectivity index (χ3n) is 4.22. The fourth-order valence-electron chi connectivity index (χ4n) is 2.88. The number of rotatable bonds is 2. The minimum Gasteiger partial charge on any atom is -0.465 e. The average molecular weight is 419 g/mol. The van der Waals surface area contributed by atoms with Crippen LogP contribution in [0.15, 0.2) is 30.5 Å². The first-order valence-electron chi connectivity index (χ1n) is 8.81. The quantitative estimate of drug-likeness (QED) is 0.523. The molecule has 0 fully saturated rings. The minimum absolute atomic E-state index is 0.173. The molecule has 1 heterocycles. The van der Waals surface area contributed by atoms with Crippen LogP contribution in [0.25, 0.3) is 22.0 Å². The van der Waals surface area contributed by atoms with Crippen LogP contribution in [-0.2, 0) is 9.47 Å². The molecule has 0 amide bonds. The Morgan fingerprint density at radius 3 is 2.48 bits per heavy atom. The van der Waals surface area contributed by atoms with E-state index in [1.807, 2.05) is 0 Å².